The van der Waals surface area contributed by atoms with E-state index in [0.717, 1.165) is 0 Å². The van der Waals surface area contributed by atoms with Crippen LogP contribution in [0.4, 0.5) is 5.69 Å². The molecule has 0 saturated carbocycles. The second-order valence-electron chi connectivity index (χ2n) is 4.90. The van der Waals surface area contributed by atoms with Gasteiger partial charge in [0.05, 0.1) is 0 Å². The summed E-state index contributed by atoms with van der Waals surface area (Å²) in [7, 11) is 3.34. The lowest BCUT2D eigenvalue weighted by Gasteiger charge is -2.10. The Bertz CT molecular complexity index is 542. The van der Waals surface area contributed by atoms with Crippen LogP contribution in [0.1, 0.15) is 19.3 Å². The van der Waals surface area contributed by atoms with Crippen LogP contribution >= 0.6 is 0 Å². The quantitative estimate of drug-likeness (QED) is 0.755. The lowest BCUT2D eigenvalue weighted by molar-refractivity contribution is -0.139. The third kappa shape index (κ3) is 6.74. The molecule has 0 unspecified atom stereocenters. The lowest BCUT2D eigenvalue weighted by Crippen LogP contribution is -2.21. The molecule has 0 aliphatic rings. The van der Waals surface area contributed by atoms with Crippen molar-refractivity contribution in [3.8, 4) is 5.75 Å². The lowest BCUT2D eigenvalue weighted by atomic mass is 10.2. The van der Waals surface area contributed by atoms with Crippen LogP contribution in [0.15, 0.2) is 24.3 Å². The number of carbonyl (C=O) groups excluding carboxylic acids is 2. The monoisotopic (exact) mass is 308 g/mol. The van der Waals surface area contributed by atoms with Crippen molar-refractivity contribution >= 4 is 23.5 Å². The van der Waals surface area contributed by atoms with Gasteiger partial charge in [0, 0.05) is 38.7 Å². The maximum atomic E-state index is 11.8. The summed E-state index contributed by atoms with van der Waals surface area (Å²) in [5.41, 5.74) is 0.520. The van der Waals surface area contributed by atoms with Gasteiger partial charge in [-0.25, -0.2) is 4.79 Å². The molecule has 7 heteroatoms. The zero-order valence-electron chi connectivity index (χ0n) is 12.7. The second-order valence-corrected chi connectivity index (χ2v) is 4.90. The van der Waals surface area contributed by atoms with Crippen molar-refractivity contribution in [1.82, 2.24) is 4.90 Å². The van der Waals surface area contributed by atoms with Crippen molar-refractivity contribution in [2.24, 2.45) is 0 Å². The zero-order chi connectivity index (χ0) is 16.5. The molecule has 0 radical (unpaired) electrons. The van der Waals surface area contributed by atoms with Gasteiger partial charge in [-0.3, -0.25) is 9.59 Å². The highest BCUT2D eigenvalue weighted by atomic mass is 16.5. The molecule has 0 fully saturated rings. The summed E-state index contributed by atoms with van der Waals surface area (Å²) in [5.74, 6) is -0.929. The Labute approximate surface area is 128 Å². The highest BCUT2D eigenvalue weighted by Gasteiger charge is 2.08. The number of amides is 2. The van der Waals surface area contributed by atoms with Gasteiger partial charge in [-0.2, -0.15) is 0 Å². The van der Waals surface area contributed by atoms with Gasteiger partial charge in [-0.1, -0.05) is 6.07 Å². The molecule has 0 atom stereocenters. The Morgan fingerprint density at radius 3 is 2.59 bits per heavy atom. The summed E-state index contributed by atoms with van der Waals surface area (Å²) in [6.07, 6.45) is 1.03. The van der Waals surface area contributed by atoms with E-state index in [1.165, 1.54) is 4.90 Å². The molecule has 0 bridgehead atoms. The molecule has 0 aromatic heterocycles. The van der Waals surface area contributed by atoms with E-state index >= 15 is 0 Å². The number of nitrogens with one attached hydrogen (secondary N) is 1. The minimum absolute atomic E-state index is 0.0168. The number of aliphatic carboxylic acids is 1. The fourth-order valence-corrected chi connectivity index (χ4v) is 1.66. The van der Waals surface area contributed by atoms with Crippen molar-refractivity contribution < 1.29 is 24.2 Å². The summed E-state index contributed by atoms with van der Waals surface area (Å²) < 4.78 is 5.03. The Hall–Kier alpha value is -2.57. The third-order valence-corrected chi connectivity index (χ3v) is 2.77. The molecule has 0 spiro atoms. The minimum atomic E-state index is -1.07. The van der Waals surface area contributed by atoms with E-state index in [9.17, 15) is 14.4 Å². The van der Waals surface area contributed by atoms with Crippen LogP contribution in [0.5, 0.6) is 5.75 Å². The zero-order valence-corrected chi connectivity index (χ0v) is 12.7. The predicted octanol–water partition coefficient (Wildman–Crippen LogP) is 1.35. The topological polar surface area (TPSA) is 95.9 Å². The van der Waals surface area contributed by atoms with Crippen LogP contribution in [0.25, 0.3) is 0 Å². The van der Waals surface area contributed by atoms with Crippen LogP contribution in [-0.2, 0) is 14.4 Å². The highest BCUT2D eigenvalue weighted by Crippen LogP contribution is 2.17. The number of carboxylic acid groups (broad SMARTS) is 1. The number of carbonyl (C=O) groups is 3. The molecule has 7 nitrogen and oxygen atoms in total. The first-order valence-corrected chi connectivity index (χ1v) is 6.83. The number of anilines is 1. The molecular formula is C15H20N2O5. The standard InChI is InChI=1S/C15H20N2O5/c1-17(2)14(19)8-4-7-13(18)16-11-5-3-6-12(9-11)22-10-15(20)21/h3,5-6,9H,4,7-8,10H2,1-2H3,(H,16,18)(H,20,21). The van der Waals surface area contributed by atoms with E-state index < -0.39 is 12.6 Å². The van der Waals surface area contributed by atoms with Gasteiger partial charge < -0.3 is 20.1 Å². The number of ether oxygens (including phenoxy) is 1. The molecule has 0 aliphatic carbocycles. The molecule has 1 rings (SSSR count). The van der Waals surface area contributed by atoms with Gasteiger partial charge in [-0.15, -0.1) is 0 Å². The van der Waals surface area contributed by atoms with Crippen molar-refractivity contribution in [3.05, 3.63) is 24.3 Å². The Morgan fingerprint density at radius 1 is 1.23 bits per heavy atom. The normalized spacial score (nSPS) is 9.91. The van der Waals surface area contributed by atoms with Crippen molar-refractivity contribution in [3.63, 3.8) is 0 Å². The summed E-state index contributed by atoms with van der Waals surface area (Å²) in [4.78, 5) is 35.1. The average Bonchev–Trinajstić information content (AvgIpc) is 2.45. The molecule has 120 valence electrons. The number of nitrogens with zero attached hydrogens (tertiary/aromatic N) is 1. The number of carboxylic acids is 1. The summed E-state index contributed by atoms with van der Waals surface area (Å²) in [6, 6.07) is 6.49. The molecule has 1 aromatic rings. The van der Waals surface area contributed by atoms with Gasteiger partial charge in [-0.05, 0) is 18.6 Å². The molecule has 22 heavy (non-hydrogen) atoms. The maximum absolute atomic E-state index is 11.8. The Kier molecular flexibility index (Phi) is 6.88. The number of benzene rings is 1. The molecule has 0 saturated heterocycles. The van der Waals surface area contributed by atoms with Crippen LogP contribution in [0, 0.1) is 0 Å². The van der Waals surface area contributed by atoms with Crippen molar-refractivity contribution in [1.29, 1.82) is 0 Å². The second kappa shape index (κ2) is 8.66. The third-order valence-electron chi connectivity index (χ3n) is 2.77. The first kappa shape index (κ1) is 17.5. The fraction of sp³-hybridized carbons (Fsp3) is 0.400. The van der Waals surface area contributed by atoms with E-state index in [4.69, 9.17) is 9.84 Å². The largest absolute Gasteiger partial charge is 0.482 e. The number of hydrogen-bond acceptors (Lipinski definition) is 4. The van der Waals surface area contributed by atoms with E-state index in [1.807, 2.05) is 0 Å². The summed E-state index contributed by atoms with van der Waals surface area (Å²) in [5, 5.41) is 11.2. The SMILES string of the molecule is CN(C)C(=O)CCCC(=O)Nc1cccc(OCC(=O)O)c1. The number of hydrogen-bond donors (Lipinski definition) is 2. The first-order chi connectivity index (χ1) is 10.4. The first-order valence-electron chi connectivity index (χ1n) is 6.83. The van der Waals surface area contributed by atoms with E-state index in [-0.39, 0.29) is 18.2 Å². The predicted molar refractivity (Wildman–Crippen MR) is 80.7 cm³/mol. The van der Waals surface area contributed by atoms with Crippen LogP contribution in [-0.4, -0.2) is 48.5 Å². The van der Waals surface area contributed by atoms with Gasteiger partial charge in [0.25, 0.3) is 0 Å². The number of rotatable bonds is 8. The van der Waals surface area contributed by atoms with Gasteiger partial charge >= 0.3 is 5.97 Å². The van der Waals surface area contributed by atoms with E-state index in [1.54, 1.807) is 38.4 Å². The van der Waals surface area contributed by atoms with Gasteiger partial charge in [0.15, 0.2) is 6.61 Å². The molecule has 2 N–H and O–H groups in total. The average molecular weight is 308 g/mol. The van der Waals surface area contributed by atoms with E-state index in [0.29, 0.717) is 24.3 Å². The Balaban J connectivity index is 2.42. The van der Waals surface area contributed by atoms with Crippen LogP contribution < -0.4 is 10.1 Å². The van der Waals surface area contributed by atoms with Gasteiger partial charge in [0.2, 0.25) is 11.8 Å². The van der Waals surface area contributed by atoms with Crippen molar-refractivity contribution in [2.45, 2.75) is 19.3 Å². The Morgan fingerprint density at radius 2 is 1.95 bits per heavy atom. The summed E-state index contributed by atoms with van der Waals surface area (Å²) >= 11 is 0. The van der Waals surface area contributed by atoms with E-state index in [2.05, 4.69) is 5.32 Å². The van der Waals surface area contributed by atoms with Crippen LogP contribution in [0.2, 0.25) is 0 Å². The molecule has 1 aromatic carbocycles. The molecular weight excluding hydrogens is 288 g/mol. The van der Waals surface area contributed by atoms with Crippen molar-refractivity contribution in [2.75, 3.05) is 26.0 Å². The maximum Gasteiger partial charge on any atom is 0.341 e. The molecule has 0 heterocycles. The minimum Gasteiger partial charge on any atom is -0.482 e. The van der Waals surface area contributed by atoms with Crippen LogP contribution in [0.3, 0.4) is 0 Å². The molecule has 2 amide bonds. The van der Waals surface area contributed by atoms with Gasteiger partial charge in [0.1, 0.15) is 5.75 Å². The smallest absolute Gasteiger partial charge is 0.341 e. The fourth-order valence-electron chi connectivity index (χ4n) is 1.66. The molecule has 0 aliphatic heterocycles. The highest BCUT2D eigenvalue weighted by molar-refractivity contribution is 5.91. The summed E-state index contributed by atoms with van der Waals surface area (Å²) in [6.45, 7) is -0.440.